The Labute approximate surface area is 95.6 Å². The second-order valence-corrected chi connectivity index (χ2v) is 4.66. The fourth-order valence-corrected chi connectivity index (χ4v) is 1.71. The molecule has 0 nitrogen and oxygen atoms in total. The van der Waals surface area contributed by atoms with Crippen LogP contribution in [0.15, 0.2) is 24.3 Å². The van der Waals surface area contributed by atoms with Gasteiger partial charge in [-0.1, -0.05) is 41.1 Å². The number of alkyl halides is 4. The molecular formula is C11H12BrF3. The van der Waals surface area contributed by atoms with E-state index < -0.39 is 11.7 Å². The molecule has 1 rings (SSSR count). The monoisotopic (exact) mass is 280 g/mol. The molecule has 0 saturated carbocycles. The molecule has 4 heteroatoms. The van der Waals surface area contributed by atoms with Crippen molar-refractivity contribution in [1.29, 1.82) is 0 Å². The van der Waals surface area contributed by atoms with Crippen LogP contribution in [0.4, 0.5) is 13.2 Å². The van der Waals surface area contributed by atoms with Crippen LogP contribution < -0.4 is 0 Å². The van der Waals surface area contributed by atoms with E-state index in [0.29, 0.717) is 12.0 Å². The average molecular weight is 281 g/mol. The molecular weight excluding hydrogens is 269 g/mol. The first-order valence-electron chi connectivity index (χ1n) is 4.74. The summed E-state index contributed by atoms with van der Waals surface area (Å²) in [6.07, 6.45) is -3.03. The summed E-state index contributed by atoms with van der Waals surface area (Å²) in [6, 6.07) is 5.72. The molecule has 1 unspecified atom stereocenters. The zero-order valence-corrected chi connectivity index (χ0v) is 9.90. The van der Waals surface area contributed by atoms with E-state index in [1.165, 1.54) is 12.1 Å². The SMILES string of the molecule is CCC(Br)Cc1ccccc1C(F)(F)F. The van der Waals surface area contributed by atoms with Crippen molar-refractivity contribution in [3.05, 3.63) is 35.4 Å². The Bertz CT molecular complexity index is 320. The van der Waals surface area contributed by atoms with E-state index in [9.17, 15) is 13.2 Å². The quantitative estimate of drug-likeness (QED) is 0.719. The molecule has 0 heterocycles. The lowest BCUT2D eigenvalue weighted by molar-refractivity contribution is -0.138. The lowest BCUT2D eigenvalue weighted by Gasteiger charge is -2.14. The van der Waals surface area contributed by atoms with Gasteiger partial charge in [0.1, 0.15) is 0 Å². The first-order chi connectivity index (χ1) is 6.95. The van der Waals surface area contributed by atoms with Crippen LogP contribution in [-0.2, 0) is 12.6 Å². The molecule has 1 aromatic rings. The molecule has 1 aromatic carbocycles. The van der Waals surface area contributed by atoms with Gasteiger partial charge in [-0.2, -0.15) is 13.2 Å². The largest absolute Gasteiger partial charge is 0.416 e. The van der Waals surface area contributed by atoms with Crippen LogP contribution in [0.5, 0.6) is 0 Å². The van der Waals surface area contributed by atoms with Crippen molar-refractivity contribution in [2.75, 3.05) is 0 Å². The molecule has 0 bridgehead atoms. The maximum Gasteiger partial charge on any atom is 0.416 e. The molecule has 0 aromatic heterocycles. The van der Waals surface area contributed by atoms with Gasteiger partial charge in [0.2, 0.25) is 0 Å². The van der Waals surface area contributed by atoms with E-state index in [-0.39, 0.29) is 4.83 Å². The van der Waals surface area contributed by atoms with Gasteiger partial charge in [-0.3, -0.25) is 0 Å². The van der Waals surface area contributed by atoms with Gasteiger partial charge in [0, 0.05) is 4.83 Å². The third kappa shape index (κ3) is 3.52. The van der Waals surface area contributed by atoms with Gasteiger partial charge >= 0.3 is 6.18 Å². The van der Waals surface area contributed by atoms with Gasteiger partial charge in [-0.15, -0.1) is 0 Å². The Morgan fingerprint density at radius 3 is 2.40 bits per heavy atom. The van der Waals surface area contributed by atoms with Crippen LogP contribution >= 0.6 is 15.9 Å². The minimum absolute atomic E-state index is 0.0981. The lowest BCUT2D eigenvalue weighted by atomic mass is 10.0. The molecule has 0 radical (unpaired) electrons. The Kier molecular flexibility index (Phi) is 4.20. The highest BCUT2D eigenvalue weighted by Gasteiger charge is 2.32. The van der Waals surface area contributed by atoms with Gasteiger partial charge in [0.05, 0.1) is 5.56 Å². The molecule has 0 aliphatic carbocycles. The highest BCUT2D eigenvalue weighted by atomic mass is 79.9. The van der Waals surface area contributed by atoms with Gasteiger partial charge in [-0.25, -0.2) is 0 Å². The fraction of sp³-hybridized carbons (Fsp3) is 0.455. The highest BCUT2D eigenvalue weighted by molar-refractivity contribution is 9.09. The molecule has 0 aliphatic heterocycles. The summed E-state index contributed by atoms with van der Waals surface area (Å²) in [5.74, 6) is 0. The predicted octanol–water partition coefficient (Wildman–Crippen LogP) is 4.42. The summed E-state index contributed by atoms with van der Waals surface area (Å²) >= 11 is 3.35. The molecule has 84 valence electrons. The van der Waals surface area contributed by atoms with Crippen molar-refractivity contribution >= 4 is 15.9 Å². The smallest absolute Gasteiger partial charge is 0.166 e. The van der Waals surface area contributed by atoms with E-state index >= 15 is 0 Å². The van der Waals surface area contributed by atoms with Gasteiger partial charge in [0.25, 0.3) is 0 Å². The summed E-state index contributed by atoms with van der Waals surface area (Å²) in [7, 11) is 0. The zero-order chi connectivity index (χ0) is 11.5. The third-order valence-electron chi connectivity index (χ3n) is 2.21. The second kappa shape index (κ2) is 5.01. The zero-order valence-electron chi connectivity index (χ0n) is 8.31. The van der Waals surface area contributed by atoms with Gasteiger partial charge in [-0.05, 0) is 24.5 Å². The normalized spacial score (nSPS) is 13.9. The average Bonchev–Trinajstić information content (AvgIpc) is 2.17. The Morgan fingerprint density at radius 1 is 1.27 bits per heavy atom. The Hall–Kier alpha value is -0.510. The van der Waals surface area contributed by atoms with Crippen molar-refractivity contribution in [2.24, 2.45) is 0 Å². The molecule has 0 amide bonds. The van der Waals surface area contributed by atoms with Crippen molar-refractivity contribution < 1.29 is 13.2 Å². The van der Waals surface area contributed by atoms with Crippen LogP contribution in [0.3, 0.4) is 0 Å². The molecule has 0 spiro atoms. The molecule has 0 aliphatic rings. The number of hydrogen-bond acceptors (Lipinski definition) is 0. The first kappa shape index (κ1) is 12.6. The van der Waals surface area contributed by atoms with Crippen LogP contribution in [-0.4, -0.2) is 4.83 Å². The number of rotatable bonds is 3. The van der Waals surface area contributed by atoms with Gasteiger partial charge in [0.15, 0.2) is 0 Å². The highest BCUT2D eigenvalue weighted by Crippen LogP contribution is 2.33. The number of benzene rings is 1. The van der Waals surface area contributed by atoms with Crippen LogP contribution in [0.1, 0.15) is 24.5 Å². The van der Waals surface area contributed by atoms with Crippen LogP contribution in [0.25, 0.3) is 0 Å². The van der Waals surface area contributed by atoms with E-state index in [1.807, 2.05) is 6.92 Å². The van der Waals surface area contributed by atoms with Crippen molar-refractivity contribution in [2.45, 2.75) is 30.8 Å². The predicted molar refractivity (Wildman–Crippen MR) is 58.2 cm³/mol. The fourth-order valence-electron chi connectivity index (χ4n) is 1.36. The van der Waals surface area contributed by atoms with E-state index in [4.69, 9.17) is 0 Å². The van der Waals surface area contributed by atoms with Gasteiger partial charge < -0.3 is 0 Å². The second-order valence-electron chi connectivity index (χ2n) is 3.36. The molecule has 0 fully saturated rings. The lowest BCUT2D eigenvalue weighted by Crippen LogP contribution is -2.11. The number of hydrogen-bond donors (Lipinski definition) is 0. The van der Waals surface area contributed by atoms with E-state index in [2.05, 4.69) is 15.9 Å². The number of halogens is 4. The maximum atomic E-state index is 12.6. The summed E-state index contributed by atoms with van der Waals surface area (Å²) in [6.45, 7) is 1.94. The van der Waals surface area contributed by atoms with E-state index in [0.717, 1.165) is 12.5 Å². The van der Waals surface area contributed by atoms with Crippen molar-refractivity contribution in [1.82, 2.24) is 0 Å². The van der Waals surface area contributed by atoms with Crippen molar-refractivity contribution in [3.63, 3.8) is 0 Å². The molecule has 15 heavy (non-hydrogen) atoms. The third-order valence-corrected chi connectivity index (χ3v) is 3.18. The molecule has 0 N–H and O–H groups in total. The van der Waals surface area contributed by atoms with Crippen LogP contribution in [0.2, 0.25) is 0 Å². The van der Waals surface area contributed by atoms with Crippen molar-refractivity contribution in [3.8, 4) is 0 Å². The summed E-state index contributed by atoms with van der Waals surface area (Å²) < 4.78 is 37.8. The first-order valence-corrected chi connectivity index (χ1v) is 5.66. The van der Waals surface area contributed by atoms with E-state index in [1.54, 1.807) is 6.07 Å². The minimum atomic E-state index is -4.25. The summed E-state index contributed by atoms with van der Waals surface area (Å²) in [5, 5.41) is 0. The Balaban J connectivity index is 2.97. The maximum absolute atomic E-state index is 12.6. The Morgan fingerprint density at radius 2 is 1.87 bits per heavy atom. The van der Waals surface area contributed by atoms with Crippen LogP contribution in [0, 0.1) is 0 Å². The minimum Gasteiger partial charge on any atom is -0.166 e. The standard InChI is InChI=1S/C11H12BrF3/c1-2-9(12)7-8-5-3-4-6-10(8)11(13,14)15/h3-6,9H,2,7H2,1H3. The topological polar surface area (TPSA) is 0 Å². The summed E-state index contributed by atoms with van der Waals surface area (Å²) in [5.41, 5.74) is -0.170. The molecule has 1 atom stereocenters. The molecule has 0 saturated heterocycles. The summed E-state index contributed by atoms with van der Waals surface area (Å²) in [4.78, 5) is 0.0981.